The lowest BCUT2D eigenvalue weighted by atomic mass is 10.1. The second-order valence-electron chi connectivity index (χ2n) is 6.30. The van der Waals surface area contributed by atoms with Crippen molar-refractivity contribution in [2.45, 2.75) is 24.0 Å². The Morgan fingerprint density at radius 3 is 2.77 bits per heavy atom. The highest BCUT2D eigenvalue weighted by atomic mass is 32.2. The molecule has 3 aromatic carbocycles. The van der Waals surface area contributed by atoms with E-state index in [1.54, 1.807) is 11.8 Å². The predicted octanol–water partition coefficient (Wildman–Crippen LogP) is 6.20. The molecule has 3 nitrogen and oxygen atoms in total. The van der Waals surface area contributed by atoms with Crippen LogP contribution in [-0.2, 0) is 0 Å². The molecule has 0 fully saturated rings. The van der Waals surface area contributed by atoms with Gasteiger partial charge in [-0.25, -0.2) is 4.98 Å². The zero-order valence-corrected chi connectivity index (χ0v) is 16.2. The van der Waals surface area contributed by atoms with Gasteiger partial charge in [0.1, 0.15) is 0 Å². The molecule has 130 valence electrons. The van der Waals surface area contributed by atoms with Gasteiger partial charge in [0.25, 0.3) is 5.91 Å². The van der Waals surface area contributed by atoms with Crippen molar-refractivity contribution in [2.24, 2.45) is 0 Å². The number of hydrogen-bond acceptors (Lipinski definition) is 4. The van der Waals surface area contributed by atoms with Gasteiger partial charge in [-0.1, -0.05) is 61.6 Å². The quantitative estimate of drug-likeness (QED) is 0.430. The van der Waals surface area contributed by atoms with Crippen LogP contribution in [0.25, 0.3) is 21.0 Å². The van der Waals surface area contributed by atoms with Gasteiger partial charge in [-0.05, 0) is 29.7 Å². The molecule has 0 radical (unpaired) electrons. The van der Waals surface area contributed by atoms with E-state index in [9.17, 15) is 4.79 Å². The third-order valence-corrected chi connectivity index (χ3v) is 5.99. The van der Waals surface area contributed by atoms with E-state index in [-0.39, 0.29) is 5.91 Å². The van der Waals surface area contributed by atoms with Crippen LogP contribution in [0.5, 0.6) is 0 Å². The Morgan fingerprint density at radius 1 is 1.08 bits per heavy atom. The largest absolute Gasteiger partial charge is 0.298 e. The highest BCUT2D eigenvalue weighted by molar-refractivity contribution is 7.99. The SMILES string of the molecule is CC(C)Sc1cccc(C(=O)Nc2nc3ccc4ccccc4c3s2)c1. The first-order valence-corrected chi connectivity index (χ1v) is 10.2. The summed E-state index contributed by atoms with van der Waals surface area (Å²) < 4.78 is 1.10. The van der Waals surface area contributed by atoms with Crippen molar-refractivity contribution < 1.29 is 4.79 Å². The van der Waals surface area contributed by atoms with E-state index in [0.717, 1.165) is 15.1 Å². The number of thiazole rings is 1. The zero-order chi connectivity index (χ0) is 18.1. The number of benzene rings is 3. The molecule has 0 aliphatic heterocycles. The highest BCUT2D eigenvalue weighted by Crippen LogP contribution is 2.33. The number of nitrogens with zero attached hydrogens (tertiary/aromatic N) is 1. The monoisotopic (exact) mass is 378 g/mol. The van der Waals surface area contributed by atoms with Crippen molar-refractivity contribution in [1.29, 1.82) is 0 Å². The first-order valence-electron chi connectivity index (χ1n) is 8.46. The summed E-state index contributed by atoms with van der Waals surface area (Å²) in [5, 5.41) is 6.40. The molecule has 0 spiro atoms. The molecule has 5 heteroatoms. The molecule has 1 N–H and O–H groups in total. The number of hydrogen-bond donors (Lipinski definition) is 1. The van der Waals surface area contributed by atoms with Crippen molar-refractivity contribution in [3.05, 3.63) is 66.2 Å². The number of amides is 1. The van der Waals surface area contributed by atoms with E-state index >= 15 is 0 Å². The van der Waals surface area contributed by atoms with E-state index in [0.29, 0.717) is 15.9 Å². The smallest absolute Gasteiger partial charge is 0.257 e. The van der Waals surface area contributed by atoms with Crippen molar-refractivity contribution in [3.63, 3.8) is 0 Å². The number of anilines is 1. The summed E-state index contributed by atoms with van der Waals surface area (Å²) in [6.45, 7) is 4.28. The van der Waals surface area contributed by atoms with Gasteiger partial charge in [-0.3, -0.25) is 10.1 Å². The number of aromatic nitrogens is 1. The Kier molecular flexibility index (Phi) is 4.66. The van der Waals surface area contributed by atoms with Gasteiger partial charge < -0.3 is 0 Å². The zero-order valence-electron chi connectivity index (χ0n) is 14.5. The number of nitrogens with one attached hydrogen (secondary N) is 1. The van der Waals surface area contributed by atoms with Crippen molar-refractivity contribution in [2.75, 3.05) is 5.32 Å². The molecule has 1 heterocycles. The minimum atomic E-state index is -0.125. The molecule has 4 rings (SSSR count). The van der Waals surface area contributed by atoms with E-state index < -0.39 is 0 Å². The third-order valence-electron chi connectivity index (χ3n) is 3.97. The van der Waals surface area contributed by atoms with Crippen molar-refractivity contribution >= 4 is 55.1 Å². The number of carbonyl (C=O) groups is 1. The van der Waals surface area contributed by atoms with Crippen LogP contribution >= 0.6 is 23.1 Å². The number of fused-ring (bicyclic) bond motifs is 3. The average molecular weight is 379 g/mol. The fourth-order valence-electron chi connectivity index (χ4n) is 2.86. The molecule has 26 heavy (non-hydrogen) atoms. The van der Waals surface area contributed by atoms with Crippen molar-refractivity contribution in [1.82, 2.24) is 4.98 Å². The predicted molar refractivity (Wildman–Crippen MR) is 113 cm³/mol. The summed E-state index contributed by atoms with van der Waals surface area (Å²) in [5.74, 6) is -0.125. The second-order valence-corrected chi connectivity index (χ2v) is 8.95. The first-order chi connectivity index (χ1) is 12.6. The van der Waals surface area contributed by atoms with Gasteiger partial charge >= 0.3 is 0 Å². The molecule has 0 atom stereocenters. The summed E-state index contributed by atoms with van der Waals surface area (Å²) in [6.07, 6.45) is 0. The van der Waals surface area contributed by atoms with Gasteiger partial charge in [-0.2, -0.15) is 0 Å². The van der Waals surface area contributed by atoms with Gasteiger partial charge in [0, 0.05) is 21.1 Å². The van der Waals surface area contributed by atoms with Crippen LogP contribution in [0.4, 0.5) is 5.13 Å². The van der Waals surface area contributed by atoms with Crippen LogP contribution in [0, 0.1) is 0 Å². The normalized spacial score (nSPS) is 11.3. The Bertz CT molecular complexity index is 1100. The molecule has 0 saturated carbocycles. The summed E-state index contributed by atoms with van der Waals surface area (Å²) in [7, 11) is 0. The Labute approximate surface area is 160 Å². The summed E-state index contributed by atoms with van der Waals surface area (Å²) in [6, 6.07) is 20.0. The Morgan fingerprint density at radius 2 is 1.92 bits per heavy atom. The summed E-state index contributed by atoms with van der Waals surface area (Å²) >= 11 is 3.26. The molecule has 1 aromatic heterocycles. The van der Waals surface area contributed by atoms with Crippen LogP contribution in [-0.4, -0.2) is 16.1 Å². The molecular weight excluding hydrogens is 360 g/mol. The minimum absolute atomic E-state index is 0.125. The number of thioether (sulfide) groups is 1. The van der Waals surface area contributed by atoms with Gasteiger partial charge in [0.15, 0.2) is 5.13 Å². The number of carbonyl (C=O) groups excluding carboxylic acids is 1. The first kappa shape index (κ1) is 17.1. The second kappa shape index (κ2) is 7.09. The topological polar surface area (TPSA) is 42.0 Å². The Balaban J connectivity index is 1.63. The lowest BCUT2D eigenvalue weighted by molar-refractivity contribution is 0.102. The van der Waals surface area contributed by atoms with Gasteiger partial charge in [-0.15, -0.1) is 11.8 Å². The summed E-state index contributed by atoms with van der Waals surface area (Å²) in [4.78, 5) is 18.3. The average Bonchev–Trinajstić information content (AvgIpc) is 3.04. The van der Waals surface area contributed by atoms with Gasteiger partial charge in [0.2, 0.25) is 0 Å². The van der Waals surface area contributed by atoms with Crippen LogP contribution in [0.1, 0.15) is 24.2 Å². The molecule has 0 aliphatic rings. The maximum Gasteiger partial charge on any atom is 0.257 e. The number of rotatable bonds is 4. The molecule has 1 amide bonds. The molecule has 0 aliphatic carbocycles. The van der Waals surface area contributed by atoms with Crippen LogP contribution < -0.4 is 5.32 Å². The Hall–Kier alpha value is -2.37. The molecule has 4 aromatic rings. The standard InChI is InChI=1S/C21H18N2OS2/c1-13(2)25-16-8-5-7-15(12-16)20(24)23-21-22-18-11-10-14-6-3-4-9-17(14)19(18)26-21/h3-13H,1-2H3,(H,22,23,24). The summed E-state index contributed by atoms with van der Waals surface area (Å²) in [5.41, 5.74) is 1.56. The third kappa shape index (κ3) is 3.45. The lowest BCUT2D eigenvalue weighted by Crippen LogP contribution is -2.11. The fraction of sp³-hybridized carbons (Fsp3) is 0.143. The van der Waals surface area contributed by atoms with Gasteiger partial charge in [0.05, 0.1) is 10.2 Å². The fourth-order valence-corrected chi connectivity index (χ4v) is 4.75. The highest BCUT2D eigenvalue weighted by Gasteiger charge is 2.12. The molecule has 0 unspecified atom stereocenters. The van der Waals surface area contributed by atoms with Crippen LogP contribution in [0.15, 0.2) is 65.6 Å². The molecule has 0 saturated heterocycles. The maximum atomic E-state index is 12.6. The lowest BCUT2D eigenvalue weighted by Gasteiger charge is -2.07. The minimum Gasteiger partial charge on any atom is -0.298 e. The van der Waals surface area contributed by atoms with Crippen LogP contribution in [0.2, 0.25) is 0 Å². The molecule has 0 bridgehead atoms. The van der Waals surface area contributed by atoms with Crippen molar-refractivity contribution in [3.8, 4) is 0 Å². The maximum absolute atomic E-state index is 12.6. The van der Waals surface area contributed by atoms with E-state index in [2.05, 4.69) is 42.3 Å². The van der Waals surface area contributed by atoms with Crippen LogP contribution in [0.3, 0.4) is 0 Å². The molecular formula is C21H18N2OS2. The van der Waals surface area contributed by atoms with E-state index in [1.807, 2.05) is 42.5 Å². The van der Waals surface area contributed by atoms with E-state index in [1.165, 1.54) is 22.1 Å². The van der Waals surface area contributed by atoms with E-state index in [4.69, 9.17) is 0 Å².